The van der Waals surface area contributed by atoms with Crippen molar-refractivity contribution in [2.75, 3.05) is 6.54 Å². The molecule has 0 unspecified atom stereocenters. The third-order valence-corrected chi connectivity index (χ3v) is 5.38. The number of hydrogen-bond acceptors (Lipinski definition) is 5. The molecule has 0 saturated heterocycles. The first-order valence-electron chi connectivity index (χ1n) is 9.84. The molecule has 2 aromatic heterocycles. The van der Waals surface area contributed by atoms with Crippen LogP contribution in [-0.2, 0) is 13.2 Å². The third-order valence-electron chi connectivity index (χ3n) is 5.01. The Hall–Kier alpha value is -3.71. The standard InChI is InChI=1S/C23H18ClN5O2/c24-17-7-3-1-5-15(17)14-31-21-8-4-2-6-16(21)22-25-10-9-18(27-22)19-13-20-23(30)26-11-12-29(20)28-19/h1-10,13H,11-12,14H2,(H,26,30). The predicted octanol–water partition coefficient (Wildman–Crippen LogP) is 3.98. The number of hydrogen-bond donors (Lipinski definition) is 1. The van der Waals surface area contributed by atoms with Gasteiger partial charge >= 0.3 is 0 Å². The second-order valence-electron chi connectivity index (χ2n) is 7.04. The SMILES string of the molecule is O=C1NCCn2nc(-c3ccnc(-c4ccccc4OCc4ccccc4Cl)n3)cc21. The number of para-hydroxylation sites is 1. The number of nitrogens with one attached hydrogen (secondary N) is 1. The van der Waals surface area contributed by atoms with E-state index >= 15 is 0 Å². The summed E-state index contributed by atoms with van der Waals surface area (Å²) in [4.78, 5) is 21.2. The van der Waals surface area contributed by atoms with Gasteiger partial charge in [0.15, 0.2) is 5.82 Å². The summed E-state index contributed by atoms with van der Waals surface area (Å²) in [5, 5.41) is 8.01. The number of carbonyl (C=O) groups is 1. The zero-order valence-electron chi connectivity index (χ0n) is 16.5. The molecule has 4 aromatic rings. The van der Waals surface area contributed by atoms with Crippen LogP contribution < -0.4 is 10.1 Å². The first-order valence-corrected chi connectivity index (χ1v) is 10.2. The highest BCUT2D eigenvalue weighted by atomic mass is 35.5. The molecule has 0 radical (unpaired) electrons. The summed E-state index contributed by atoms with van der Waals surface area (Å²) >= 11 is 6.25. The molecule has 5 rings (SSSR count). The van der Waals surface area contributed by atoms with Gasteiger partial charge in [-0.2, -0.15) is 5.10 Å². The number of ether oxygens (including phenoxy) is 1. The Labute approximate surface area is 183 Å². The van der Waals surface area contributed by atoms with Crippen molar-refractivity contribution in [2.24, 2.45) is 0 Å². The van der Waals surface area contributed by atoms with Crippen LogP contribution in [0.2, 0.25) is 5.02 Å². The highest BCUT2D eigenvalue weighted by Gasteiger charge is 2.21. The second kappa shape index (κ2) is 8.20. The summed E-state index contributed by atoms with van der Waals surface area (Å²) in [5.74, 6) is 1.04. The third kappa shape index (κ3) is 3.87. The van der Waals surface area contributed by atoms with Crippen molar-refractivity contribution in [2.45, 2.75) is 13.2 Å². The Balaban J connectivity index is 1.45. The first-order chi connectivity index (χ1) is 15.2. The minimum atomic E-state index is -0.127. The maximum absolute atomic E-state index is 12.0. The van der Waals surface area contributed by atoms with E-state index in [4.69, 9.17) is 21.3 Å². The number of rotatable bonds is 5. The van der Waals surface area contributed by atoms with Gasteiger partial charge in [0.25, 0.3) is 5.91 Å². The summed E-state index contributed by atoms with van der Waals surface area (Å²) in [6.07, 6.45) is 1.68. The molecule has 1 aliphatic heterocycles. The van der Waals surface area contributed by atoms with Gasteiger partial charge < -0.3 is 10.1 Å². The smallest absolute Gasteiger partial charge is 0.269 e. The summed E-state index contributed by atoms with van der Waals surface area (Å²) in [6.45, 7) is 1.54. The zero-order valence-corrected chi connectivity index (χ0v) is 17.2. The molecule has 7 nitrogen and oxygen atoms in total. The predicted molar refractivity (Wildman–Crippen MR) is 117 cm³/mol. The molecule has 3 heterocycles. The molecule has 0 atom stereocenters. The van der Waals surface area contributed by atoms with Crippen LogP contribution in [0.3, 0.4) is 0 Å². The van der Waals surface area contributed by atoms with Crippen LogP contribution in [-0.4, -0.2) is 32.2 Å². The summed E-state index contributed by atoms with van der Waals surface area (Å²) in [6, 6.07) is 18.7. The number of amides is 1. The van der Waals surface area contributed by atoms with Crippen LogP contribution in [0.1, 0.15) is 16.1 Å². The fraction of sp³-hybridized carbons (Fsp3) is 0.130. The quantitative estimate of drug-likeness (QED) is 0.516. The van der Waals surface area contributed by atoms with Crippen LogP contribution in [0.25, 0.3) is 22.8 Å². The summed E-state index contributed by atoms with van der Waals surface area (Å²) in [5.41, 5.74) is 3.46. The van der Waals surface area contributed by atoms with Gasteiger partial charge in [0, 0.05) is 23.3 Å². The highest BCUT2D eigenvalue weighted by Crippen LogP contribution is 2.30. The lowest BCUT2D eigenvalue weighted by Gasteiger charge is -2.13. The van der Waals surface area contributed by atoms with Crippen LogP contribution in [0.5, 0.6) is 5.75 Å². The molecule has 0 spiro atoms. The Bertz CT molecular complexity index is 1270. The molecular formula is C23H18ClN5O2. The van der Waals surface area contributed by atoms with Crippen molar-refractivity contribution in [1.82, 2.24) is 25.1 Å². The van der Waals surface area contributed by atoms with E-state index in [1.165, 1.54) is 0 Å². The average Bonchev–Trinajstić information content (AvgIpc) is 3.25. The van der Waals surface area contributed by atoms with E-state index in [9.17, 15) is 4.79 Å². The molecule has 8 heteroatoms. The van der Waals surface area contributed by atoms with Gasteiger partial charge in [-0.25, -0.2) is 9.97 Å². The molecule has 154 valence electrons. The maximum atomic E-state index is 12.0. The monoisotopic (exact) mass is 431 g/mol. The fourth-order valence-electron chi connectivity index (χ4n) is 3.44. The Morgan fingerprint density at radius 1 is 1.06 bits per heavy atom. The zero-order chi connectivity index (χ0) is 21.2. The lowest BCUT2D eigenvalue weighted by molar-refractivity contribution is 0.0924. The van der Waals surface area contributed by atoms with Gasteiger partial charge in [-0.1, -0.05) is 41.9 Å². The van der Waals surface area contributed by atoms with Gasteiger partial charge in [-0.15, -0.1) is 0 Å². The number of aromatic nitrogens is 4. The molecule has 31 heavy (non-hydrogen) atoms. The van der Waals surface area contributed by atoms with Crippen molar-refractivity contribution in [3.8, 4) is 28.5 Å². The number of carbonyl (C=O) groups excluding carboxylic acids is 1. The molecule has 0 aliphatic carbocycles. The van der Waals surface area contributed by atoms with Gasteiger partial charge in [0.05, 0.1) is 17.8 Å². The number of benzene rings is 2. The largest absolute Gasteiger partial charge is 0.488 e. The lowest BCUT2D eigenvalue weighted by atomic mass is 10.1. The van der Waals surface area contributed by atoms with E-state index in [0.717, 1.165) is 11.1 Å². The highest BCUT2D eigenvalue weighted by molar-refractivity contribution is 6.31. The summed E-state index contributed by atoms with van der Waals surface area (Å²) in [7, 11) is 0. The van der Waals surface area contributed by atoms with Crippen LogP contribution in [0, 0.1) is 0 Å². The minimum absolute atomic E-state index is 0.127. The Kier molecular flexibility index (Phi) is 5.09. The van der Waals surface area contributed by atoms with Crippen molar-refractivity contribution in [3.63, 3.8) is 0 Å². The normalized spacial score (nSPS) is 12.9. The molecule has 0 saturated carbocycles. The minimum Gasteiger partial charge on any atom is -0.488 e. The van der Waals surface area contributed by atoms with Crippen molar-refractivity contribution in [3.05, 3.63) is 83.1 Å². The Morgan fingerprint density at radius 3 is 2.77 bits per heavy atom. The molecule has 1 N–H and O–H groups in total. The molecule has 1 amide bonds. The van der Waals surface area contributed by atoms with E-state index in [2.05, 4.69) is 15.4 Å². The van der Waals surface area contributed by atoms with Gasteiger partial charge in [-0.05, 0) is 30.3 Å². The molecular weight excluding hydrogens is 414 g/mol. The van der Waals surface area contributed by atoms with Crippen LogP contribution >= 0.6 is 11.6 Å². The van der Waals surface area contributed by atoms with E-state index in [1.54, 1.807) is 23.0 Å². The maximum Gasteiger partial charge on any atom is 0.269 e. The topological polar surface area (TPSA) is 81.9 Å². The van der Waals surface area contributed by atoms with Crippen molar-refractivity contribution in [1.29, 1.82) is 0 Å². The lowest BCUT2D eigenvalue weighted by Crippen LogP contribution is -2.35. The molecule has 2 aromatic carbocycles. The molecule has 1 aliphatic rings. The molecule has 0 bridgehead atoms. The van der Waals surface area contributed by atoms with Crippen LogP contribution in [0.4, 0.5) is 0 Å². The van der Waals surface area contributed by atoms with E-state index in [-0.39, 0.29) is 5.91 Å². The summed E-state index contributed by atoms with van der Waals surface area (Å²) < 4.78 is 7.75. The fourth-order valence-corrected chi connectivity index (χ4v) is 3.63. The van der Waals surface area contributed by atoms with Gasteiger partial charge in [0.1, 0.15) is 23.7 Å². The van der Waals surface area contributed by atoms with Gasteiger partial charge in [0.2, 0.25) is 0 Å². The van der Waals surface area contributed by atoms with E-state index < -0.39 is 0 Å². The van der Waals surface area contributed by atoms with E-state index in [1.807, 2.05) is 48.5 Å². The Morgan fingerprint density at radius 2 is 1.90 bits per heavy atom. The number of fused-ring (bicyclic) bond motifs is 1. The molecule has 0 fully saturated rings. The first kappa shape index (κ1) is 19.3. The number of nitrogens with zero attached hydrogens (tertiary/aromatic N) is 4. The van der Waals surface area contributed by atoms with Crippen molar-refractivity contribution >= 4 is 17.5 Å². The second-order valence-corrected chi connectivity index (χ2v) is 7.44. The van der Waals surface area contributed by atoms with Gasteiger partial charge in [-0.3, -0.25) is 9.48 Å². The van der Waals surface area contributed by atoms with Crippen LogP contribution in [0.15, 0.2) is 66.9 Å². The van der Waals surface area contributed by atoms with E-state index in [0.29, 0.717) is 53.4 Å². The van der Waals surface area contributed by atoms with Crippen molar-refractivity contribution < 1.29 is 9.53 Å². The number of halogens is 1. The average molecular weight is 432 g/mol.